The quantitative estimate of drug-likeness (QED) is 0.459. The monoisotopic (exact) mass is 405 g/mol. The van der Waals surface area contributed by atoms with Crippen molar-refractivity contribution in [3.63, 3.8) is 0 Å². The van der Waals surface area contributed by atoms with Crippen molar-refractivity contribution in [1.82, 2.24) is 15.3 Å². The third-order valence-electron chi connectivity index (χ3n) is 5.02. The van der Waals surface area contributed by atoms with Gasteiger partial charge in [-0.15, -0.1) is 0 Å². The van der Waals surface area contributed by atoms with Crippen LogP contribution in [0.25, 0.3) is 22.2 Å². The van der Waals surface area contributed by atoms with Crippen LogP contribution in [0.3, 0.4) is 0 Å². The minimum Gasteiger partial charge on any atom is -0.364 e. The lowest BCUT2D eigenvalue weighted by Crippen LogP contribution is -2.28. The van der Waals surface area contributed by atoms with Gasteiger partial charge in [0, 0.05) is 40.6 Å². The third-order valence-corrected chi connectivity index (χ3v) is 5.24. The average molecular weight is 406 g/mol. The molecule has 0 radical (unpaired) electrons. The Labute approximate surface area is 172 Å². The van der Waals surface area contributed by atoms with E-state index in [1.54, 1.807) is 6.92 Å². The predicted octanol–water partition coefficient (Wildman–Crippen LogP) is 4.72. The van der Waals surface area contributed by atoms with Crippen LogP contribution in [0.2, 0.25) is 5.02 Å². The van der Waals surface area contributed by atoms with Crippen molar-refractivity contribution in [3.8, 4) is 11.3 Å². The third kappa shape index (κ3) is 3.69. The second-order valence-corrected chi connectivity index (χ2v) is 7.49. The van der Waals surface area contributed by atoms with Crippen molar-refractivity contribution in [1.29, 1.82) is 0 Å². The molecule has 6 heteroatoms. The van der Waals surface area contributed by atoms with Crippen molar-refractivity contribution in [2.45, 2.75) is 20.4 Å². The number of H-pyrrole nitrogens is 2. The molecule has 0 aliphatic carbocycles. The fourth-order valence-corrected chi connectivity index (χ4v) is 3.76. The molecule has 0 aliphatic rings. The number of amides is 1. The zero-order valence-corrected chi connectivity index (χ0v) is 16.9. The summed E-state index contributed by atoms with van der Waals surface area (Å²) in [5, 5.41) is 4.43. The summed E-state index contributed by atoms with van der Waals surface area (Å²) >= 11 is 6.34. The van der Waals surface area contributed by atoms with E-state index >= 15 is 0 Å². The first-order chi connectivity index (χ1) is 13.9. The number of pyridine rings is 1. The van der Waals surface area contributed by atoms with E-state index in [9.17, 15) is 9.59 Å². The van der Waals surface area contributed by atoms with Crippen molar-refractivity contribution in [3.05, 3.63) is 92.4 Å². The highest BCUT2D eigenvalue weighted by molar-refractivity contribution is 6.31. The molecular formula is C23H20ClN3O2. The lowest BCUT2D eigenvalue weighted by atomic mass is 10.1. The molecule has 2 aromatic heterocycles. The molecule has 0 spiro atoms. The number of aromatic nitrogens is 2. The molecule has 0 atom stereocenters. The largest absolute Gasteiger partial charge is 0.364 e. The fraction of sp³-hybridized carbons (Fsp3) is 0.130. The maximum Gasteiger partial charge on any atom is 0.257 e. The number of carbonyl (C=O) groups excluding carboxylic acids is 1. The molecule has 2 heterocycles. The van der Waals surface area contributed by atoms with Gasteiger partial charge in [0.25, 0.3) is 5.91 Å². The normalized spacial score (nSPS) is 11.0. The zero-order valence-electron chi connectivity index (χ0n) is 16.1. The molecule has 0 unspecified atom stereocenters. The molecule has 146 valence electrons. The first-order valence-corrected chi connectivity index (χ1v) is 9.65. The molecule has 4 rings (SSSR count). The number of hydrogen-bond donors (Lipinski definition) is 3. The Balaban J connectivity index is 1.69. The van der Waals surface area contributed by atoms with Crippen molar-refractivity contribution in [2.75, 3.05) is 0 Å². The van der Waals surface area contributed by atoms with E-state index < -0.39 is 5.91 Å². The average Bonchev–Trinajstić information content (AvgIpc) is 3.03. The van der Waals surface area contributed by atoms with Crippen LogP contribution in [0, 0.1) is 13.8 Å². The lowest BCUT2D eigenvalue weighted by molar-refractivity contribution is 0.0949. The molecule has 3 N–H and O–H groups in total. The molecule has 0 bridgehead atoms. The van der Waals surface area contributed by atoms with Crippen LogP contribution in [0.1, 0.15) is 27.2 Å². The van der Waals surface area contributed by atoms with Gasteiger partial charge < -0.3 is 15.3 Å². The maximum atomic E-state index is 12.5. The predicted molar refractivity (Wildman–Crippen MR) is 116 cm³/mol. The second kappa shape index (κ2) is 7.60. The number of rotatable bonds is 4. The van der Waals surface area contributed by atoms with Crippen molar-refractivity contribution < 1.29 is 4.79 Å². The van der Waals surface area contributed by atoms with Gasteiger partial charge in [-0.3, -0.25) is 9.59 Å². The Bertz CT molecular complexity index is 1270. The smallest absolute Gasteiger partial charge is 0.257 e. The van der Waals surface area contributed by atoms with Gasteiger partial charge in [0.15, 0.2) is 5.43 Å². The van der Waals surface area contributed by atoms with Gasteiger partial charge >= 0.3 is 0 Å². The summed E-state index contributed by atoms with van der Waals surface area (Å²) in [6.07, 6.45) is 1.44. The number of aryl methyl sites for hydroxylation is 2. The van der Waals surface area contributed by atoms with Gasteiger partial charge in [-0.1, -0.05) is 41.9 Å². The number of fused-ring (bicyclic) bond motifs is 1. The highest BCUT2D eigenvalue weighted by atomic mass is 35.5. The van der Waals surface area contributed by atoms with Crippen LogP contribution in [0.4, 0.5) is 0 Å². The number of aromatic amines is 2. The molecule has 29 heavy (non-hydrogen) atoms. The Morgan fingerprint density at radius 3 is 2.59 bits per heavy atom. The van der Waals surface area contributed by atoms with Gasteiger partial charge in [0.05, 0.1) is 5.52 Å². The number of carbonyl (C=O) groups is 1. The maximum absolute atomic E-state index is 12.5. The lowest BCUT2D eigenvalue weighted by Gasteiger charge is -2.08. The standard InChI is InChI=1S/C23H20ClN3O2/c1-13-8-20(28)19(12-25-13)23(29)26-11-16-9-17(24)10-18-14(2)21(27-22(16)18)15-6-4-3-5-7-15/h3-10,12,27H,11H2,1-2H3,(H,25,28)(H,26,29). The minimum atomic E-state index is -0.425. The van der Waals surface area contributed by atoms with E-state index in [-0.39, 0.29) is 17.5 Å². The molecule has 0 saturated heterocycles. The van der Waals surface area contributed by atoms with Gasteiger partial charge in [-0.25, -0.2) is 0 Å². The fourth-order valence-electron chi connectivity index (χ4n) is 3.51. The summed E-state index contributed by atoms with van der Waals surface area (Å²) < 4.78 is 0. The van der Waals surface area contributed by atoms with Crippen LogP contribution in [0.15, 0.2) is 59.5 Å². The molecular weight excluding hydrogens is 386 g/mol. The zero-order chi connectivity index (χ0) is 20.5. The second-order valence-electron chi connectivity index (χ2n) is 7.06. The Morgan fingerprint density at radius 2 is 1.86 bits per heavy atom. The minimum absolute atomic E-state index is 0.0847. The first-order valence-electron chi connectivity index (χ1n) is 9.27. The van der Waals surface area contributed by atoms with E-state index in [4.69, 9.17) is 11.6 Å². The van der Waals surface area contributed by atoms with Gasteiger partial charge in [-0.05, 0) is 42.7 Å². The van der Waals surface area contributed by atoms with Crippen LogP contribution < -0.4 is 10.7 Å². The molecule has 5 nitrogen and oxygen atoms in total. The van der Waals surface area contributed by atoms with E-state index in [0.29, 0.717) is 10.7 Å². The van der Waals surface area contributed by atoms with Crippen LogP contribution in [-0.4, -0.2) is 15.9 Å². The summed E-state index contributed by atoms with van der Waals surface area (Å²) in [5.74, 6) is -0.425. The first kappa shape index (κ1) is 19.0. The van der Waals surface area contributed by atoms with E-state index in [0.717, 1.165) is 33.3 Å². The van der Waals surface area contributed by atoms with Gasteiger partial charge in [0.1, 0.15) is 5.56 Å². The summed E-state index contributed by atoms with van der Waals surface area (Å²) in [7, 11) is 0. The molecule has 1 amide bonds. The number of halogens is 1. The number of benzene rings is 2. The van der Waals surface area contributed by atoms with Gasteiger partial charge in [-0.2, -0.15) is 0 Å². The van der Waals surface area contributed by atoms with Crippen molar-refractivity contribution >= 4 is 28.4 Å². The molecule has 4 aromatic rings. The van der Waals surface area contributed by atoms with Crippen molar-refractivity contribution in [2.24, 2.45) is 0 Å². The van der Waals surface area contributed by atoms with E-state index in [2.05, 4.69) is 15.3 Å². The van der Waals surface area contributed by atoms with E-state index in [1.807, 2.05) is 49.4 Å². The molecule has 0 fully saturated rings. The van der Waals surface area contributed by atoms with Crippen LogP contribution in [0.5, 0.6) is 0 Å². The van der Waals surface area contributed by atoms with E-state index in [1.165, 1.54) is 12.3 Å². The Morgan fingerprint density at radius 1 is 1.10 bits per heavy atom. The topological polar surface area (TPSA) is 77.8 Å². The molecule has 0 aliphatic heterocycles. The number of nitrogens with one attached hydrogen (secondary N) is 3. The Hall–Kier alpha value is -3.31. The summed E-state index contributed by atoms with van der Waals surface area (Å²) in [6, 6.07) is 15.2. The van der Waals surface area contributed by atoms with Crippen LogP contribution >= 0.6 is 11.6 Å². The SMILES string of the molecule is Cc1cc(=O)c(C(=O)NCc2cc(Cl)cc3c(C)c(-c4ccccc4)[nH]c23)c[nH]1. The van der Waals surface area contributed by atoms with Gasteiger partial charge in [0.2, 0.25) is 0 Å². The summed E-state index contributed by atoms with van der Waals surface area (Å²) in [4.78, 5) is 30.9. The summed E-state index contributed by atoms with van der Waals surface area (Å²) in [6.45, 7) is 4.06. The Kier molecular flexibility index (Phi) is 4.99. The number of hydrogen-bond acceptors (Lipinski definition) is 2. The molecule has 0 saturated carbocycles. The highest BCUT2D eigenvalue weighted by Gasteiger charge is 2.15. The molecule has 2 aromatic carbocycles. The van der Waals surface area contributed by atoms with Crippen LogP contribution in [-0.2, 0) is 6.54 Å². The highest BCUT2D eigenvalue weighted by Crippen LogP contribution is 2.33. The summed E-state index contributed by atoms with van der Waals surface area (Å²) in [5.41, 5.74) is 5.45.